The highest BCUT2D eigenvalue weighted by molar-refractivity contribution is 6.01. The van der Waals surface area contributed by atoms with Gasteiger partial charge in [-0.3, -0.25) is 9.59 Å². The van der Waals surface area contributed by atoms with Gasteiger partial charge in [0, 0.05) is 31.7 Å². The molecule has 2 heterocycles. The molecule has 0 bridgehead atoms. The molecule has 1 fully saturated rings. The molecule has 6 heteroatoms. The molecule has 21 heavy (non-hydrogen) atoms. The van der Waals surface area contributed by atoms with Gasteiger partial charge in [0.1, 0.15) is 5.54 Å². The standard InChI is InChI=1S/C15H20N4O2/c1-15(2)14(21)18-7-8-19(15)13(20)10-3-4-11-12(9-10)17-6-5-16-11/h3-4,9,16-17H,5-8H2,1-2H3,(H,18,21). The van der Waals surface area contributed by atoms with Gasteiger partial charge in [-0.15, -0.1) is 0 Å². The monoisotopic (exact) mass is 288 g/mol. The predicted molar refractivity (Wildman–Crippen MR) is 81.5 cm³/mol. The molecular formula is C15H20N4O2. The predicted octanol–water partition coefficient (Wildman–Crippen LogP) is 0.875. The molecular weight excluding hydrogens is 268 g/mol. The molecule has 112 valence electrons. The van der Waals surface area contributed by atoms with Crippen LogP contribution >= 0.6 is 0 Å². The van der Waals surface area contributed by atoms with E-state index in [1.807, 2.05) is 18.2 Å². The fourth-order valence-electron chi connectivity index (χ4n) is 2.78. The van der Waals surface area contributed by atoms with Gasteiger partial charge in [-0.25, -0.2) is 0 Å². The van der Waals surface area contributed by atoms with Gasteiger partial charge < -0.3 is 20.9 Å². The van der Waals surface area contributed by atoms with Crippen molar-refractivity contribution in [1.82, 2.24) is 10.2 Å². The van der Waals surface area contributed by atoms with Crippen LogP contribution in [0.2, 0.25) is 0 Å². The molecule has 0 aromatic heterocycles. The number of rotatable bonds is 1. The number of nitrogens with zero attached hydrogens (tertiary/aromatic N) is 1. The lowest BCUT2D eigenvalue weighted by Gasteiger charge is -2.41. The average molecular weight is 288 g/mol. The summed E-state index contributed by atoms with van der Waals surface area (Å²) in [5.41, 5.74) is 1.73. The van der Waals surface area contributed by atoms with Crippen molar-refractivity contribution in [3.8, 4) is 0 Å². The van der Waals surface area contributed by atoms with E-state index in [0.717, 1.165) is 24.5 Å². The first-order valence-corrected chi connectivity index (χ1v) is 7.22. The number of anilines is 2. The fourth-order valence-corrected chi connectivity index (χ4v) is 2.78. The van der Waals surface area contributed by atoms with Crippen LogP contribution in [0, 0.1) is 0 Å². The summed E-state index contributed by atoms with van der Waals surface area (Å²) in [4.78, 5) is 26.4. The van der Waals surface area contributed by atoms with Crippen LogP contribution in [0.5, 0.6) is 0 Å². The average Bonchev–Trinajstić information content (AvgIpc) is 2.49. The minimum atomic E-state index is -0.823. The summed E-state index contributed by atoms with van der Waals surface area (Å²) >= 11 is 0. The number of carbonyl (C=O) groups excluding carboxylic acids is 2. The summed E-state index contributed by atoms with van der Waals surface area (Å²) in [5, 5.41) is 9.36. The van der Waals surface area contributed by atoms with Crippen molar-refractivity contribution in [1.29, 1.82) is 0 Å². The lowest BCUT2D eigenvalue weighted by molar-refractivity contribution is -0.133. The van der Waals surface area contributed by atoms with E-state index in [0.29, 0.717) is 18.7 Å². The topological polar surface area (TPSA) is 73.5 Å². The first-order chi connectivity index (χ1) is 10.00. The summed E-state index contributed by atoms with van der Waals surface area (Å²) < 4.78 is 0. The molecule has 0 aliphatic carbocycles. The first-order valence-electron chi connectivity index (χ1n) is 7.22. The van der Waals surface area contributed by atoms with Gasteiger partial charge >= 0.3 is 0 Å². The maximum Gasteiger partial charge on any atom is 0.254 e. The van der Waals surface area contributed by atoms with Crippen molar-refractivity contribution in [2.24, 2.45) is 0 Å². The Hall–Kier alpha value is -2.24. The zero-order valence-corrected chi connectivity index (χ0v) is 12.3. The van der Waals surface area contributed by atoms with Gasteiger partial charge in [-0.1, -0.05) is 0 Å². The molecule has 3 rings (SSSR count). The van der Waals surface area contributed by atoms with Gasteiger partial charge in [0.2, 0.25) is 5.91 Å². The van der Waals surface area contributed by atoms with Crippen LogP contribution in [0.4, 0.5) is 11.4 Å². The molecule has 6 nitrogen and oxygen atoms in total. The lowest BCUT2D eigenvalue weighted by Crippen LogP contribution is -2.63. The number of carbonyl (C=O) groups is 2. The van der Waals surface area contributed by atoms with Gasteiger partial charge in [-0.05, 0) is 32.0 Å². The SMILES string of the molecule is CC1(C)C(=O)NCCN1C(=O)c1ccc2c(c1)NCCN2. The number of nitrogens with one attached hydrogen (secondary N) is 3. The van der Waals surface area contributed by atoms with E-state index < -0.39 is 5.54 Å². The van der Waals surface area contributed by atoms with Crippen LogP contribution in [0.25, 0.3) is 0 Å². The Morgan fingerprint density at radius 2 is 1.81 bits per heavy atom. The fraction of sp³-hybridized carbons (Fsp3) is 0.467. The van der Waals surface area contributed by atoms with E-state index in [1.165, 1.54) is 0 Å². The van der Waals surface area contributed by atoms with Gasteiger partial charge in [0.15, 0.2) is 0 Å². The van der Waals surface area contributed by atoms with E-state index >= 15 is 0 Å². The number of benzene rings is 1. The van der Waals surface area contributed by atoms with Crippen molar-refractivity contribution in [2.45, 2.75) is 19.4 Å². The zero-order valence-electron chi connectivity index (χ0n) is 12.3. The van der Waals surface area contributed by atoms with Crippen LogP contribution in [0.1, 0.15) is 24.2 Å². The Labute approximate surface area is 123 Å². The highest BCUT2D eigenvalue weighted by Gasteiger charge is 2.40. The lowest BCUT2D eigenvalue weighted by atomic mass is 9.97. The Balaban J connectivity index is 1.89. The molecule has 1 aromatic carbocycles. The van der Waals surface area contributed by atoms with Crippen LogP contribution in [-0.4, -0.2) is 48.4 Å². The summed E-state index contributed by atoms with van der Waals surface area (Å²) in [6.07, 6.45) is 0. The Bertz CT molecular complexity index is 597. The Morgan fingerprint density at radius 1 is 1.10 bits per heavy atom. The molecule has 2 amide bonds. The van der Waals surface area contributed by atoms with Crippen molar-refractivity contribution in [3.05, 3.63) is 23.8 Å². The molecule has 0 radical (unpaired) electrons. The number of hydrogen-bond acceptors (Lipinski definition) is 4. The van der Waals surface area contributed by atoms with Crippen molar-refractivity contribution < 1.29 is 9.59 Å². The minimum Gasteiger partial charge on any atom is -0.382 e. The minimum absolute atomic E-state index is 0.106. The largest absolute Gasteiger partial charge is 0.382 e. The second-order valence-electron chi connectivity index (χ2n) is 5.89. The summed E-state index contributed by atoms with van der Waals surface area (Å²) in [6, 6.07) is 5.57. The van der Waals surface area contributed by atoms with E-state index in [-0.39, 0.29) is 11.8 Å². The second kappa shape index (κ2) is 4.95. The Kier molecular flexibility index (Phi) is 3.23. The number of fused-ring (bicyclic) bond motifs is 1. The normalized spacial score (nSPS) is 19.9. The molecule has 0 unspecified atom stereocenters. The maximum absolute atomic E-state index is 12.7. The summed E-state index contributed by atoms with van der Waals surface area (Å²) in [6.45, 7) is 6.29. The van der Waals surface area contributed by atoms with E-state index in [1.54, 1.807) is 18.7 Å². The number of piperazine rings is 1. The molecule has 2 aliphatic rings. The molecule has 1 saturated heterocycles. The smallest absolute Gasteiger partial charge is 0.254 e. The quantitative estimate of drug-likeness (QED) is 0.717. The van der Waals surface area contributed by atoms with Crippen LogP contribution in [0.3, 0.4) is 0 Å². The molecule has 3 N–H and O–H groups in total. The number of amides is 2. The molecule has 2 aliphatic heterocycles. The number of hydrogen-bond donors (Lipinski definition) is 3. The third kappa shape index (κ3) is 2.30. The van der Waals surface area contributed by atoms with Gasteiger partial charge in [-0.2, -0.15) is 0 Å². The van der Waals surface area contributed by atoms with Crippen LogP contribution in [-0.2, 0) is 4.79 Å². The van der Waals surface area contributed by atoms with Crippen LogP contribution in [0.15, 0.2) is 18.2 Å². The molecule has 1 aromatic rings. The highest BCUT2D eigenvalue weighted by Crippen LogP contribution is 2.27. The molecule has 0 atom stereocenters. The van der Waals surface area contributed by atoms with Gasteiger partial charge in [0.05, 0.1) is 11.4 Å². The van der Waals surface area contributed by atoms with Crippen molar-refractivity contribution in [3.63, 3.8) is 0 Å². The van der Waals surface area contributed by atoms with Gasteiger partial charge in [0.25, 0.3) is 5.91 Å². The maximum atomic E-state index is 12.7. The molecule has 0 saturated carbocycles. The Morgan fingerprint density at radius 3 is 2.57 bits per heavy atom. The van der Waals surface area contributed by atoms with Crippen LogP contribution < -0.4 is 16.0 Å². The summed E-state index contributed by atoms with van der Waals surface area (Å²) in [5.74, 6) is -0.218. The molecule has 0 spiro atoms. The third-order valence-electron chi connectivity index (χ3n) is 4.12. The zero-order chi connectivity index (χ0) is 15.0. The van der Waals surface area contributed by atoms with Crippen molar-refractivity contribution in [2.75, 3.05) is 36.8 Å². The first kappa shape index (κ1) is 13.7. The van der Waals surface area contributed by atoms with E-state index in [2.05, 4.69) is 16.0 Å². The van der Waals surface area contributed by atoms with E-state index in [9.17, 15) is 9.59 Å². The summed E-state index contributed by atoms with van der Waals surface area (Å²) in [7, 11) is 0. The second-order valence-corrected chi connectivity index (χ2v) is 5.89. The highest BCUT2D eigenvalue weighted by atomic mass is 16.2. The van der Waals surface area contributed by atoms with E-state index in [4.69, 9.17) is 0 Å². The third-order valence-corrected chi connectivity index (χ3v) is 4.12. The van der Waals surface area contributed by atoms with Crippen molar-refractivity contribution >= 4 is 23.2 Å².